The van der Waals surface area contributed by atoms with Gasteiger partial charge >= 0.3 is 0 Å². The zero-order chi connectivity index (χ0) is 10.2. The van der Waals surface area contributed by atoms with E-state index in [1.807, 2.05) is 0 Å². The molecule has 0 spiro atoms. The van der Waals surface area contributed by atoms with Crippen molar-refractivity contribution >= 4 is 36.5 Å². The molecule has 0 aliphatic rings. The van der Waals surface area contributed by atoms with E-state index in [1.165, 1.54) is 0 Å². The monoisotopic (exact) mass is 234 g/mol. The summed E-state index contributed by atoms with van der Waals surface area (Å²) in [5.41, 5.74) is 0. The van der Waals surface area contributed by atoms with E-state index in [2.05, 4.69) is 19.6 Å². The van der Waals surface area contributed by atoms with Crippen LogP contribution in [0.1, 0.15) is 0 Å². The van der Waals surface area contributed by atoms with Gasteiger partial charge in [-0.05, 0) is 17.3 Å². The smallest absolute Gasteiger partial charge is 0.117 e. The van der Waals surface area contributed by atoms with Gasteiger partial charge in [0.2, 0.25) is 0 Å². The average molecular weight is 235 g/mol. The number of aromatic hydroxyl groups is 1. The number of rotatable bonds is 1. The second kappa shape index (κ2) is 3.52. The lowest BCUT2D eigenvalue weighted by molar-refractivity contribution is 0.479. The van der Waals surface area contributed by atoms with Crippen LogP contribution >= 0.6 is 23.2 Å². The molecule has 0 radical (unpaired) electrons. The van der Waals surface area contributed by atoms with E-state index in [9.17, 15) is 5.11 Å². The number of phenols is 1. The van der Waals surface area contributed by atoms with Crippen LogP contribution in [0.4, 0.5) is 0 Å². The van der Waals surface area contributed by atoms with Crippen LogP contribution in [0.5, 0.6) is 5.75 Å². The van der Waals surface area contributed by atoms with Crippen LogP contribution in [-0.2, 0) is 0 Å². The predicted octanol–water partition coefficient (Wildman–Crippen LogP) is 3.24. The highest BCUT2D eigenvalue weighted by Crippen LogP contribution is 2.24. The number of benzene rings is 1. The molecule has 0 saturated heterocycles. The van der Waals surface area contributed by atoms with Crippen LogP contribution in [0.3, 0.4) is 0 Å². The molecule has 0 atom stereocenters. The summed E-state index contributed by atoms with van der Waals surface area (Å²) < 4.78 is 0. The summed E-state index contributed by atoms with van der Waals surface area (Å²) in [6.07, 6.45) is 0. The van der Waals surface area contributed by atoms with Crippen molar-refractivity contribution in [3.05, 3.63) is 22.2 Å². The highest BCUT2D eigenvalue weighted by atomic mass is 35.5. The molecule has 0 aliphatic heterocycles. The Kier molecular flexibility index (Phi) is 2.95. The summed E-state index contributed by atoms with van der Waals surface area (Å²) in [6, 6.07) is 3.22. The highest BCUT2D eigenvalue weighted by molar-refractivity contribution is 6.90. The fourth-order valence-electron chi connectivity index (χ4n) is 1.30. The Balaban J connectivity index is 3.38. The zero-order valence-electron chi connectivity index (χ0n) is 7.86. The first-order valence-electron chi connectivity index (χ1n) is 4.01. The van der Waals surface area contributed by atoms with Gasteiger partial charge in [0, 0.05) is 10.0 Å². The summed E-state index contributed by atoms with van der Waals surface area (Å²) in [4.78, 5) is 0. The molecule has 1 N–H and O–H groups in total. The van der Waals surface area contributed by atoms with Crippen LogP contribution in [0.25, 0.3) is 0 Å². The van der Waals surface area contributed by atoms with Crippen molar-refractivity contribution in [3.63, 3.8) is 0 Å². The lowest BCUT2D eigenvalue weighted by atomic mass is 10.3. The summed E-state index contributed by atoms with van der Waals surface area (Å²) in [5, 5.41) is 11.6. The largest absolute Gasteiger partial charge is 0.508 e. The Labute approximate surface area is 89.3 Å². The summed E-state index contributed by atoms with van der Waals surface area (Å²) >= 11 is 11.8. The third-order valence-electron chi connectivity index (χ3n) is 1.78. The van der Waals surface area contributed by atoms with E-state index in [0.29, 0.717) is 10.0 Å². The van der Waals surface area contributed by atoms with Gasteiger partial charge in [0.15, 0.2) is 0 Å². The maximum absolute atomic E-state index is 9.67. The van der Waals surface area contributed by atoms with Crippen molar-refractivity contribution in [3.8, 4) is 5.75 Å². The fraction of sp³-hybridized carbons (Fsp3) is 0.333. The molecule has 0 bridgehead atoms. The SMILES string of the molecule is C[Si](C)(C)c1c(O)cc(Cl)cc1Cl. The number of hydrogen-bond donors (Lipinski definition) is 1. The van der Waals surface area contributed by atoms with Crippen molar-refractivity contribution in [1.82, 2.24) is 0 Å². The Bertz CT molecular complexity index is 308. The van der Waals surface area contributed by atoms with Gasteiger partial charge in [-0.3, -0.25) is 0 Å². The van der Waals surface area contributed by atoms with Crippen LogP contribution in [0.2, 0.25) is 29.7 Å². The molecule has 1 aromatic rings. The van der Waals surface area contributed by atoms with Crippen LogP contribution < -0.4 is 5.19 Å². The Hall–Kier alpha value is -0.183. The van der Waals surface area contributed by atoms with Crippen molar-refractivity contribution in [2.45, 2.75) is 19.6 Å². The third-order valence-corrected chi connectivity index (χ3v) is 4.48. The molecular formula is C9H12Cl2OSi. The van der Waals surface area contributed by atoms with Gasteiger partial charge in [-0.1, -0.05) is 42.8 Å². The van der Waals surface area contributed by atoms with Crippen molar-refractivity contribution in [2.75, 3.05) is 0 Å². The number of hydrogen-bond acceptors (Lipinski definition) is 1. The lowest BCUT2D eigenvalue weighted by Gasteiger charge is -2.19. The molecule has 0 amide bonds. The van der Waals surface area contributed by atoms with E-state index in [0.717, 1.165) is 5.19 Å². The molecule has 0 fully saturated rings. The molecule has 0 aromatic heterocycles. The number of halogens is 2. The highest BCUT2D eigenvalue weighted by Gasteiger charge is 2.23. The summed E-state index contributed by atoms with van der Waals surface area (Å²) in [7, 11) is -1.59. The molecule has 0 aliphatic carbocycles. The molecule has 0 heterocycles. The van der Waals surface area contributed by atoms with Gasteiger partial charge in [0.1, 0.15) is 5.75 Å². The zero-order valence-corrected chi connectivity index (χ0v) is 10.4. The Morgan fingerprint density at radius 1 is 1.15 bits per heavy atom. The Morgan fingerprint density at radius 2 is 1.69 bits per heavy atom. The summed E-state index contributed by atoms with van der Waals surface area (Å²) in [6.45, 7) is 6.38. The fourth-order valence-corrected chi connectivity index (χ4v) is 4.26. The average Bonchev–Trinajstić information content (AvgIpc) is 1.78. The topological polar surface area (TPSA) is 20.2 Å². The minimum absolute atomic E-state index is 0.219. The predicted molar refractivity (Wildman–Crippen MR) is 61.1 cm³/mol. The maximum Gasteiger partial charge on any atom is 0.117 e. The molecule has 4 heteroatoms. The van der Waals surface area contributed by atoms with Crippen molar-refractivity contribution in [2.24, 2.45) is 0 Å². The molecular weight excluding hydrogens is 223 g/mol. The van der Waals surface area contributed by atoms with Gasteiger partial charge in [-0.2, -0.15) is 0 Å². The van der Waals surface area contributed by atoms with E-state index in [-0.39, 0.29) is 5.75 Å². The van der Waals surface area contributed by atoms with Gasteiger partial charge in [-0.15, -0.1) is 0 Å². The van der Waals surface area contributed by atoms with Crippen molar-refractivity contribution in [1.29, 1.82) is 0 Å². The molecule has 0 saturated carbocycles. The molecule has 1 nitrogen and oxygen atoms in total. The van der Waals surface area contributed by atoms with Gasteiger partial charge < -0.3 is 5.11 Å². The van der Waals surface area contributed by atoms with Crippen LogP contribution in [0, 0.1) is 0 Å². The molecule has 13 heavy (non-hydrogen) atoms. The normalized spacial score (nSPS) is 11.8. The molecule has 1 rings (SSSR count). The first kappa shape index (κ1) is 10.9. The van der Waals surface area contributed by atoms with E-state index in [4.69, 9.17) is 23.2 Å². The first-order chi connectivity index (χ1) is 5.82. The standard InChI is InChI=1S/C9H12Cl2OSi/c1-13(2,3)9-7(11)4-6(10)5-8(9)12/h4-5,12H,1-3H3. The lowest BCUT2D eigenvalue weighted by Crippen LogP contribution is -2.38. The molecule has 1 aromatic carbocycles. The maximum atomic E-state index is 9.67. The quantitative estimate of drug-likeness (QED) is 0.741. The summed E-state index contributed by atoms with van der Waals surface area (Å²) in [5.74, 6) is 0.219. The van der Waals surface area contributed by atoms with Crippen molar-refractivity contribution < 1.29 is 5.11 Å². The molecule has 0 unspecified atom stereocenters. The number of phenolic OH excluding ortho intramolecular Hbond substituents is 1. The minimum Gasteiger partial charge on any atom is -0.508 e. The van der Waals surface area contributed by atoms with Gasteiger partial charge in [0.05, 0.1) is 8.07 Å². The third kappa shape index (κ3) is 2.39. The van der Waals surface area contributed by atoms with Gasteiger partial charge in [0.25, 0.3) is 0 Å². The minimum atomic E-state index is -1.59. The van der Waals surface area contributed by atoms with Gasteiger partial charge in [-0.25, -0.2) is 0 Å². The molecule has 72 valence electrons. The van der Waals surface area contributed by atoms with E-state index >= 15 is 0 Å². The first-order valence-corrected chi connectivity index (χ1v) is 8.26. The second-order valence-electron chi connectivity index (χ2n) is 4.03. The Morgan fingerprint density at radius 3 is 2.08 bits per heavy atom. The van der Waals surface area contributed by atoms with Crippen LogP contribution in [0.15, 0.2) is 12.1 Å². The second-order valence-corrected chi connectivity index (χ2v) is 9.88. The van der Waals surface area contributed by atoms with E-state index in [1.54, 1.807) is 12.1 Å². The van der Waals surface area contributed by atoms with Crippen LogP contribution in [-0.4, -0.2) is 13.2 Å². The van der Waals surface area contributed by atoms with E-state index < -0.39 is 8.07 Å².